The quantitative estimate of drug-likeness (QED) is 0.894. The first kappa shape index (κ1) is 15.2. The molecule has 5 heteroatoms. The summed E-state index contributed by atoms with van der Waals surface area (Å²) in [6.07, 6.45) is 0.354. The van der Waals surface area contributed by atoms with Crippen molar-refractivity contribution in [3.8, 4) is 5.75 Å². The van der Waals surface area contributed by atoms with Gasteiger partial charge in [-0.2, -0.15) is 0 Å². The van der Waals surface area contributed by atoms with E-state index in [-0.39, 0.29) is 11.7 Å². The fourth-order valence-corrected chi connectivity index (χ4v) is 2.91. The second-order valence-electron chi connectivity index (χ2n) is 5.56. The number of rotatable bonds is 3. The lowest BCUT2D eigenvalue weighted by Crippen LogP contribution is -2.33. The monoisotopic (exact) mass is 288 g/mol. The Morgan fingerprint density at radius 3 is 2.40 bits per heavy atom. The zero-order valence-electron chi connectivity index (χ0n) is 11.4. The van der Waals surface area contributed by atoms with Crippen LogP contribution in [0.2, 0.25) is 0 Å². The number of ether oxygens (including phenoxy) is 1. The lowest BCUT2D eigenvalue weighted by molar-refractivity contribution is -0.274. The lowest BCUT2D eigenvalue weighted by Gasteiger charge is -2.36. The molecule has 112 valence electrons. The van der Waals surface area contributed by atoms with Crippen LogP contribution in [0.15, 0.2) is 24.3 Å². The van der Waals surface area contributed by atoms with Gasteiger partial charge in [-0.3, -0.25) is 0 Å². The molecular weight excluding hydrogens is 269 g/mol. The minimum absolute atomic E-state index is 0.0809. The first-order chi connectivity index (χ1) is 9.29. The molecule has 1 fully saturated rings. The normalized spacial score (nSPS) is 20.4. The fourth-order valence-electron chi connectivity index (χ4n) is 2.91. The predicted octanol–water partition coefficient (Wildman–Crippen LogP) is 4.37. The van der Waals surface area contributed by atoms with Crippen molar-refractivity contribution in [3.63, 3.8) is 0 Å². The van der Waals surface area contributed by atoms with Crippen LogP contribution in [0, 0.1) is 5.92 Å². The molecule has 2 nitrogen and oxygen atoms in total. The summed E-state index contributed by atoms with van der Waals surface area (Å²) in [4.78, 5) is 0. The Labute approximate surface area is 116 Å². The maximum absolute atomic E-state index is 12.2. The molecule has 0 aromatic heterocycles. The van der Waals surface area contributed by atoms with Gasteiger partial charge in [0.05, 0.1) is 5.60 Å². The predicted molar refractivity (Wildman–Crippen MR) is 69.3 cm³/mol. The van der Waals surface area contributed by atoms with E-state index in [1.807, 2.05) is 0 Å². The molecule has 1 aliphatic rings. The average Bonchev–Trinajstić information content (AvgIpc) is 2.38. The Morgan fingerprint density at radius 2 is 1.80 bits per heavy atom. The number of hydrogen-bond acceptors (Lipinski definition) is 2. The molecule has 0 amide bonds. The van der Waals surface area contributed by atoms with Gasteiger partial charge in [0.2, 0.25) is 0 Å². The summed E-state index contributed by atoms with van der Waals surface area (Å²) in [5.41, 5.74) is -0.642. The fraction of sp³-hybridized carbons (Fsp3) is 0.600. The van der Waals surface area contributed by atoms with Gasteiger partial charge >= 0.3 is 6.36 Å². The molecule has 1 aromatic carbocycles. The SMILES string of the molecule is CC(O)(c1cccc(OC(F)(F)F)c1)C1CCCCC1. The molecule has 1 aliphatic carbocycles. The van der Waals surface area contributed by atoms with E-state index in [9.17, 15) is 18.3 Å². The second-order valence-corrected chi connectivity index (χ2v) is 5.56. The van der Waals surface area contributed by atoms with Gasteiger partial charge in [0.15, 0.2) is 0 Å². The Bertz CT molecular complexity index is 449. The van der Waals surface area contributed by atoms with Crippen LogP contribution in [0.25, 0.3) is 0 Å². The van der Waals surface area contributed by atoms with Crippen molar-refractivity contribution in [1.29, 1.82) is 0 Å². The maximum Gasteiger partial charge on any atom is 0.573 e. The van der Waals surface area contributed by atoms with Crippen molar-refractivity contribution in [2.75, 3.05) is 0 Å². The Morgan fingerprint density at radius 1 is 1.15 bits per heavy atom. The van der Waals surface area contributed by atoms with Crippen molar-refractivity contribution < 1.29 is 23.0 Å². The molecule has 0 bridgehead atoms. The summed E-state index contributed by atoms with van der Waals surface area (Å²) in [5.74, 6) is -0.205. The minimum Gasteiger partial charge on any atom is -0.406 e. The molecule has 0 saturated heterocycles. The molecule has 1 N–H and O–H groups in total. The maximum atomic E-state index is 12.2. The van der Waals surface area contributed by atoms with Crippen LogP contribution in [0.3, 0.4) is 0 Å². The number of hydrogen-bond donors (Lipinski definition) is 1. The molecule has 0 spiro atoms. The standard InChI is InChI=1S/C15H19F3O2/c1-14(19,11-6-3-2-4-7-11)12-8-5-9-13(10-12)20-15(16,17)18/h5,8-11,19H,2-4,6-7H2,1H3. The van der Waals surface area contributed by atoms with Gasteiger partial charge in [-0.15, -0.1) is 13.2 Å². The number of benzene rings is 1. The van der Waals surface area contributed by atoms with Crippen molar-refractivity contribution >= 4 is 0 Å². The lowest BCUT2D eigenvalue weighted by atomic mass is 9.74. The third-order valence-electron chi connectivity index (χ3n) is 4.05. The van der Waals surface area contributed by atoms with Gasteiger partial charge in [0.1, 0.15) is 5.75 Å². The van der Waals surface area contributed by atoms with Crippen molar-refractivity contribution in [2.24, 2.45) is 5.92 Å². The average molecular weight is 288 g/mol. The van der Waals surface area contributed by atoms with Gasteiger partial charge in [-0.05, 0) is 43.4 Å². The van der Waals surface area contributed by atoms with Gasteiger partial charge in [-0.25, -0.2) is 0 Å². The summed E-state index contributed by atoms with van der Waals surface area (Å²) in [6, 6.07) is 5.65. The molecular formula is C15H19F3O2. The first-order valence-electron chi connectivity index (χ1n) is 6.88. The zero-order chi connectivity index (χ0) is 14.8. The van der Waals surface area contributed by atoms with Gasteiger partial charge in [0.25, 0.3) is 0 Å². The zero-order valence-corrected chi connectivity index (χ0v) is 11.4. The van der Waals surface area contributed by atoms with E-state index >= 15 is 0 Å². The van der Waals surface area contributed by atoms with E-state index in [0.717, 1.165) is 32.1 Å². The second kappa shape index (κ2) is 5.64. The van der Waals surface area contributed by atoms with Crippen LogP contribution in [-0.2, 0) is 5.60 Å². The Balaban J connectivity index is 2.20. The van der Waals surface area contributed by atoms with E-state index in [1.165, 1.54) is 18.2 Å². The highest BCUT2D eigenvalue weighted by atomic mass is 19.4. The largest absolute Gasteiger partial charge is 0.573 e. The van der Waals surface area contributed by atoms with E-state index in [4.69, 9.17) is 0 Å². The molecule has 0 radical (unpaired) electrons. The highest BCUT2D eigenvalue weighted by Crippen LogP contribution is 2.40. The van der Waals surface area contributed by atoms with Crippen LogP contribution in [0.1, 0.15) is 44.6 Å². The Hall–Kier alpha value is -1.23. The summed E-state index contributed by atoms with van der Waals surface area (Å²) in [5, 5.41) is 10.7. The van der Waals surface area contributed by atoms with Crippen molar-refractivity contribution in [2.45, 2.75) is 51.0 Å². The third kappa shape index (κ3) is 3.66. The van der Waals surface area contributed by atoms with E-state index < -0.39 is 12.0 Å². The summed E-state index contributed by atoms with van der Waals surface area (Å²) < 4.78 is 40.6. The van der Waals surface area contributed by atoms with Gasteiger partial charge in [0, 0.05) is 0 Å². The summed E-state index contributed by atoms with van der Waals surface area (Å²) in [6.45, 7) is 1.68. The highest BCUT2D eigenvalue weighted by molar-refractivity contribution is 5.32. The summed E-state index contributed by atoms with van der Waals surface area (Å²) >= 11 is 0. The molecule has 1 saturated carbocycles. The third-order valence-corrected chi connectivity index (χ3v) is 4.05. The molecule has 20 heavy (non-hydrogen) atoms. The van der Waals surface area contributed by atoms with Crippen LogP contribution in [-0.4, -0.2) is 11.5 Å². The molecule has 1 unspecified atom stereocenters. The molecule has 2 rings (SSSR count). The van der Waals surface area contributed by atoms with Crippen LogP contribution in [0.4, 0.5) is 13.2 Å². The van der Waals surface area contributed by atoms with Gasteiger partial charge in [-0.1, -0.05) is 31.4 Å². The van der Waals surface area contributed by atoms with E-state index in [1.54, 1.807) is 13.0 Å². The number of alkyl halides is 3. The van der Waals surface area contributed by atoms with Crippen LogP contribution < -0.4 is 4.74 Å². The van der Waals surface area contributed by atoms with Crippen LogP contribution >= 0.6 is 0 Å². The number of aliphatic hydroxyl groups is 1. The minimum atomic E-state index is -4.71. The number of halogens is 3. The topological polar surface area (TPSA) is 29.5 Å². The Kier molecular flexibility index (Phi) is 4.28. The van der Waals surface area contributed by atoms with E-state index in [2.05, 4.69) is 4.74 Å². The molecule has 1 atom stereocenters. The van der Waals surface area contributed by atoms with Crippen molar-refractivity contribution in [1.82, 2.24) is 0 Å². The van der Waals surface area contributed by atoms with Crippen LogP contribution in [0.5, 0.6) is 5.75 Å². The van der Waals surface area contributed by atoms with E-state index in [0.29, 0.717) is 5.56 Å². The first-order valence-corrected chi connectivity index (χ1v) is 6.88. The van der Waals surface area contributed by atoms with Gasteiger partial charge < -0.3 is 9.84 Å². The summed E-state index contributed by atoms with van der Waals surface area (Å²) in [7, 11) is 0. The highest BCUT2D eigenvalue weighted by Gasteiger charge is 2.36. The smallest absolute Gasteiger partial charge is 0.406 e. The molecule has 0 aliphatic heterocycles. The molecule has 1 aromatic rings. The van der Waals surface area contributed by atoms with Crippen molar-refractivity contribution in [3.05, 3.63) is 29.8 Å². The molecule has 0 heterocycles.